The molecule has 3 heterocycles. The monoisotopic (exact) mass is 803 g/mol. The molecule has 5 N–H and O–H groups in total. The highest BCUT2D eigenvalue weighted by atomic mass is 16.7. The molecule has 3 aliphatic rings. The van der Waals surface area contributed by atoms with Gasteiger partial charge < -0.3 is 63.8 Å². The summed E-state index contributed by atoms with van der Waals surface area (Å²) in [6, 6.07) is -0.908. The van der Waals surface area contributed by atoms with Crippen molar-refractivity contribution in [1.29, 1.82) is 0 Å². The fourth-order valence-electron chi connectivity index (χ4n) is 8.88. The fourth-order valence-corrected chi connectivity index (χ4v) is 8.88. The predicted molar refractivity (Wildman–Crippen MR) is 208 cm³/mol. The van der Waals surface area contributed by atoms with Gasteiger partial charge >= 0.3 is 11.9 Å². The SMILES string of the molecule is C=CCC(=O)O[C@@H]1[C@H](C)NC[C@H](C)C[C@](C)(O)[C@H](O[C@@H]2O[C@H](C)C[C@H](N(C)C)[C@H]2O)[C@@H](C)[C@H](O[C@H]2C[C@@](C)(OC)[C@@H](O)[C@H](C)O2)[C@@H](C)C(=O)O[C@@H](CC)[C@@]1(C)O. The molecule has 0 radical (unpaired) electrons. The van der Waals surface area contributed by atoms with Crippen molar-refractivity contribution >= 4 is 11.9 Å². The second kappa shape index (κ2) is 20.0. The summed E-state index contributed by atoms with van der Waals surface area (Å²) in [5.74, 6) is -3.37. The second-order valence-corrected chi connectivity index (χ2v) is 17.6. The molecule has 326 valence electrons. The molecule has 0 aromatic heterocycles. The van der Waals surface area contributed by atoms with Crippen LogP contribution in [0, 0.1) is 17.8 Å². The van der Waals surface area contributed by atoms with Gasteiger partial charge in [0.2, 0.25) is 0 Å². The third-order valence-electron chi connectivity index (χ3n) is 12.2. The average Bonchev–Trinajstić information content (AvgIpc) is 3.11. The maximum atomic E-state index is 14.4. The zero-order valence-corrected chi connectivity index (χ0v) is 36.1. The number of likely N-dealkylation sites (N-methyl/N-ethyl adjacent to an activating group) is 1. The minimum absolute atomic E-state index is 0.0844. The van der Waals surface area contributed by atoms with Crippen LogP contribution in [0.1, 0.15) is 101 Å². The number of cyclic esters (lactones) is 1. The van der Waals surface area contributed by atoms with E-state index in [9.17, 15) is 30.0 Å². The average molecular weight is 803 g/mol. The van der Waals surface area contributed by atoms with Crippen molar-refractivity contribution in [3.05, 3.63) is 12.7 Å². The Labute approximate surface area is 334 Å². The summed E-state index contributed by atoms with van der Waals surface area (Å²) in [4.78, 5) is 29.2. The number of esters is 2. The van der Waals surface area contributed by atoms with Crippen LogP contribution < -0.4 is 5.32 Å². The number of carbonyl (C=O) groups excluding carboxylic acids is 2. The van der Waals surface area contributed by atoms with E-state index in [2.05, 4.69) is 11.9 Å². The van der Waals surface area contributed by atoms with Gasteiger partial charge in [-0.15, -0.1) is 6.58 Å². The quantitative estimate of drug-likeness (QED) is 0.160. The van der Waals surface area contributed by atoms with Gasteiger partial charge in [-0.2, -0.15) is 0 Å². The minimum Gasteiger partial charge on any atom is -0.459 e. The molecular formula is C41H74N2O13. The smallest absolute Gasteiger partial charge is 0.311 e. The first-order valence-corrected chi connectivity index (χ1v) is 20.3. The van der Waals surface area contributed by atoms with E-state index in [0.29, 0.717) is 13.0 Å². The van der Waals surface area contributed by atoms with Gasteiger partial charge in [-0.25, -0.2) is 0 Å². The Balaban J connectivity index is 2.19. The van der Waals surface area contributed by atoms with Crippen LogP contribution in [0.5, 0.6) is 0 Å². The molecule has 0 saturated carbocycles. The second-order valence-electron chi connectivity index (χ2n) is 17.6. The van der Waals surface area contributed by atoms with Crippen LogP contribution in [0.4, 0.5) is 0 Å². The number of carbonyl (C=O) groups is 2. The van der Waals surface area contributed by atoms with Crippen LogP contribution in [0.3, 0.4) is 0 Å². The molecule has 56 heavy (non-hydrogen) atoms. The van der Waals surface area contributed by atoms with Gasteiger partial charge in [0, 0.05) is 31.5 Å². The Morgan fingerprint density at radius 2 is 1.66 bits per heavy atom. The Hall–Kier alpha value is -1.76. The maximum absolute atomic E-state index is 14.4. The van der Waals surface area contributed by atoms with E-state index < -0.39 is 102 Å². The summed E-state index contributed by atoms with van der Waals surface area (Å²) in [6.07, 6.45) is -7.14. The lowest BCUT2D eigenvalue weighted by atomic mass is 9.77. The number of hydrogen-bond donors (Lipinski definition) is 5. The molecule has 0 spiro atoms. The van der Waals surface area contributed by atoms with Gasteiger partial charge in [-0.05, 0) is 94.3 Å². The van der Waals surface area contributed by atoms with E-state index in [-0.39, 0.29) is 43.7 Å². The van der Waals surface area contributed by atoms with Gasteiger partial charge in [0.25, 0.3) is 0 Å². The van der Waals surface area contributed by atoms with Gasteiger partial charge in [-0.1, -0.05) is 26.8 Å². The van der Waals surface area contributed by atoms with Crippen molar-refractivity contribution in [3.8, 4) is 0 Å². The normalized spacial score (nSPS) is 46.3. The van der Waals surface area contributed by atoms with Gasteiger partial charge in [0.05, 0.1) is 48.0 Å². The summed E-state index contributed by atoms with van der Waals surface area (Å²) >= 11 is 0. The van der Waals surface area contributed by atoms with Crippen molar-refractivity contribution in [1.82, 2.24) is 10.2 Å². The molecule has 0 aliphatic carbocycles. The van der Waals surface area contributed by atoms with Crippen molar-refractivity contribution in [2.75, 3.05) is 27.7 Å². The first kappa shape index (κ1) is 48.6. The Morgan fingerprint density at radius 3 is 2.23 bits per heavy atom. The zero-order valence-electron chi connectivity index (χ0n) is 36.1. The van der Waals surface area contributed by atoms with Crippen molar-refractivity contribution < 1.29 is 63.2 Å². The summed E-state index contributed by atoms with van der Waals surface area (Å²) in [7, 11) is 5.25. The topological polar surface area (TPSA) is 195 Å². The lowest BCUT2D eigenvalue weighted by molar-refractivity contribution is -0.318. The van der Waals surface area contributed by atoms with Crippen LogP contribution in [-0.4, -0.2) is 155 Å². The number of hydrogen-bond acceptors (Lipinski definition) is 15. The van der Waals surface area contributed by atoms with Crippen LogP contribution >= 0.6 is 0 Å². The van der Waals surface area contributed by atoms with E-state index in [1.54, 1.807) is 48.5 Å². The lowest BCUT2D eigenvalue weighted by Gasteiger charge is -2.48. The minimum atomic E-state index is -1.84. The number of nitrogens with one attached hydrogen (secondary N) is 1. The Bertz CT molecular complexity index is 1280. The van der Waals surface area contributed by atoms with Gasteiger partial charge in [0.1, 0.15) is 30.0 Å². The van der Waals surface area contributed by atoms with Crippen molar-refractivity contribution in [2.45, 2.75) is 192 Å². The molecule has 15 nitrogen and oxygen atoms in total. The third kappa shape index (κ3) is 11.5. The third-order valence-corrected chi connectivity index (χ3v) is 12.2. The van der Waals surface area contributed by atoms with E-state index in [1.807, 2.05) is 32.8 Å². The summed E-state index contributed by atoms with van der Waals surface area (Å²) in [6.45, 7) is 21.4. The van der Waals surface area contributed by atoms with Crippen LogP contribution in [-0.2, 0) is 42.7 Å². The van der Waals surface area contributed by atoms with E-state index in [1.165, 1.54) is 20.1 Å². The summed E-state index contributed by atoms with van der Waals surface area (Å²) in [5.41, 5.74) is -4.49. The molecule has 0 bridgehead atoms. The molecule has 0 amide bonds. The highest BCUT2D eigenvalue weighted by Crippen LogP contribution is 2.40. The Kier molecular flexibility index (Phi) is 17.4. The number of ether oxygens (including phenoxy) is 7. The largest absolute Gasteiger partial charge is 0.459 e. The summed E-state index contributed by atoms with van der Waals surface area (Å²) in [5, 5.41) is 50.6. The Morgan fingerprint density at radius 1 is 1.02 bits per heavy atom. The standard InChI is InChI=1S/C41H74N2O13/c1-15-17-30(44)54-36-26(7)42-21-22(3)19-39(9,48)35(56-38-32(45)28(43(12)13)18-23(4)51-38)24(5)33(25(6)37(47)53-29(16-2)41(36,11)49)55-31-20-40(10,50-14)34(46)27(8)52-31/h15,22-29,31-36,38,42,45-46,48-49H,1,16-21H2,2-14H3/t22-,23-,24+,25-,26+,27+,28+,29+,31+,32-,33+,34+,35-,36-,38+,39+,40-,41-/m1/s1. The predicted octanol–water partition coefficient (Wildman–Crippen LogP) is 2.69. The van der Waals surface area contributed by atoms with Crippen LogP contribution in [0.25, 0.3) is 0 Å². The molecule has 3 saturated heterocycles. The van der Waals surface area contributed by atoms with E-state index in [4.69, 9.17) is 33.2 Å². The highest BCUT2D eigenvalue weighted by Gasteiger charge is 2.53. The molecule has 0 unspecified atom stereocenters. The fraction of sp³-hybridized carbons (Fsp3) is 0.902. The zero-order chi connectivity index (χ0) is 42.5. The molecular weight excluding hydrogens is 728 g/mol. The van der Waals surface area contributed by atoms with Crippen LogP contribution in [0.2, 0.25) is 0 Å². The van der Waals surface area contributed by atoms with Crippen molar-refractivity contribution in [2.24, 2.45) is 17.8 Å². The van der Waals surface area contributed by atoms with Gasteiger partial charge in [0.15, 0.2) is 12.6 Å². The molecule has 0 aromatic carbocycles. The maximum Gasteiger partial charge on any atom is 0.311 e. The van der Waals surface area contributed by atoms with Gasteiger partial charge in [-0.3, -0.25) is 9.59 Å². The number of methoxy groups -OCH3 is 1. The number of aliphatic hydroxyl groups is 4. The molecule has 18 atom stereocenters. The highest BCUT2D eigenvalue weighted by molar-refractivity contribution is 5.73. The molecule has 15 heteroatoms. The van der Waals surface area contributed by atoms with E-state index in [0.717, 1.165) is 0 Å². The molecule has 0 aromatic rings. The lowest BCUT2D eigenvalue weighted by Crippen LogP contribution is -2.60. The molecule has 3 rings (SSSR count). The summed E-state index contributed by atoms with van der Waals surface area (Å²) < 4.78 is 43.6. The number of nitrogens with zero attached hydrogens (tertiary/aromatic N) is 1. The van der Waals surface area contributed by atoms with Crippen LogP contribution in [0.15, 0.2) is 12.7 Å². The number of aliphatic hydroxyl groups excluding tert-OH is 2. The first-order valence-electron chi connectivity index (χ1n) is 20.3. The first-order chi connectivity index (χ1) is 25.9. The van der Waals surface area contributed by atoms with Crippen molar-refractivity contribution in [3.63, 3.8) is 0 Å². The van der Waals surface area contributed by atoms with E-state index >= 15 is 0 Å². The number of rotatable bonds is 10. The molecule has 3 aliphatic heterocycles. The molecule has 3 fully saturated rings.